The molecule has 4 nitrogen and oxygen atoms in total. The third-order valence-corrected chi connectivity index (χ3v) is 2.66. The van der Waals surface area contributed by atoms with Gasteiger partial charge >= 0.3 is 0 Å². The smallest absolute Gasteiger partial charge is 0.145 e. The minimum Gasteiger partial charge on any atom is -0.484 e. The highest BCUT2D eigenvalue weighted by atomic mass is 16.5. The van der Waals surface area contributed by atoms with Gasteiger partial charge in [-0.1, -0.05) is 13.8 Å². The fourth-order valence-electron chi connectivity index (χ4n) is 1.65. The van der Waals surface area contributed by atoms with E-state index < -0.39 is 0 Å². The number of anilines is 2. The Morgan fingerprint density at radius 3 is 3.06 bits per heavy atom. The fraction of sp³-hybridized carbons (Fsp3) is 0.462. The maximum Gasteiger partial charge on any atom is 0.145 e. The molecule has 0 saturated carbocycles. The number of nitrogens with one attached hydrogen (secondary N) is 1. The van der Waals surface area contributed by atoms with Gasteiger partial charge in [-0.05, 0) is 30.5 Å². The van der Waals surface area contributed by atoms with E-state index in [0.717, 1.165) is 35.9 Å². The number of benzene rings is 1. The van der Waals surface area contributed by atoms with Crippen molar-refractivity contribution in [3.8, 4) is 5.75 Å². The molecule has 0 atom stereocenters. The minimum atomic E-state index is 0.509. The summed E-state index contributed by atoms with van der Waals surface area (Å²) < 4.78 is 5.60. The lowest BCUT2D eigenvalue weighted by atomic mass is 10.1. The number of fused-ring (bicyclic) bond motifs is 1. The van der Waals surface area contributed by atoms with Gasteiger partial charge in [0.1, 0.15) is 18.2 Å². The molecule has 0 bridgehead atoms. The molecule has 0 amide bonds. The Labute approximate surface area is 102 Å². The van der Waals surface area contributed by atoms with E-state index >= 15 is 0 Å². The molecule has 1 aromatic rings. The predicted molar refractivity (Wildman–Crippen MR) is 71.7 cm³/mol. The number of nitrogens with zero attached hydrogens (tertiary/aromatic N) is 1. The highest BCUT2D eigenvalue weighted by Gasteiger charge is 2.14. The molecule has 0 aliphatic carbocycles. The van der Waals surface area contributed by atoms with Gasteiger partial charge in [0.15, 0.2) is 0 Å². The van der Waals surface area contributed by atoms with E-state index in [-0.39, 0.29) is 0 Å². The zero-order valence-electron chi connectivity index (χ0n) is 10.4. The second-order valence-corrected chi connectivity index (χ2v) is 4.68. The molecule has 0 aromatic heterocycles. The Balaban J connectivity index is 2.02. The van der Waals surface area contributed by atoms with Gasteiger partial charge in [0.05, 0.1) is 5.69 Å². The van der Waals surface area contributed by atoms with Crippen LogP contribution in [0.15, 0.2) is 23.2 Å². The fourth-order valence-corrected chi connectivity index (χ4v) is 1.65. The molecular formula is C13H19N3O. The van der Waals surface area contributed by atoms with Gasteiger partial charge in [0.25, 0.3) is 0 Å². The van der Waals surface area contributed by atoms with Crippen molar-refractivity contribution in [2.75, 3.05) is 24.2 Å². The lowest BCUT2D eigenvalue weighted by molar-refractivity contribution is 0.372. The van der Waals surface area contributed by atoms with Crippen LogP contribution >= 0.6 is 0 Å². The van der Waals surface area contributed by atoms with Crippen molar-refractivity contribution >= 4 is 17.2 Å². The van der Waals surface area contributed by atoms with Crippen molar-refractivity contribution < 1.29 is 4.74 Å². The first kappa shape index (κ1) is 11.8. The highest BCUT2D eigenvalue weighted by Crippen LogP contribution is 2.29. The average Bonchev–Trinajstić information content (AvgIpc) is 2.28. The second-order valence-electron chi connectivity index (χ2n) is 4.68. The lowest BCUT2D eigenvalue weighted by Gasteiger charge is -2.21. The zero-order chi connectivity index (χ0) is 12.3. The van der Waals surface area contributed by atoms with Gasteiger partial charge < -0.3 is 15.8 Å². The molecular weight excluding hydrogens is 214 g/mol. The van der Waals surface area contributed by atoms with Gasteiger partial charge in [0, 0.05) is 12.2 Å². The molecule has 1 aromatic carbocycles. The number of nitrogen functional groups attached to an aromatic ring is 1. The molecule has 1 aliphatic rings. The Morgan fingerprint density at radius 1 is 1.47 bits per heavy atom. The van der Waals surface area contributed by atoms with E-state index in [4.69, 9.17) is 10.5 Å². The molecule has 0 spiro atoms. The summed E-state index contributed by atoms with van der Waals surface area (Å²) >= 11 is 0. The summed E-state index contributed by atoms with van der Waals surface area (Å²) in [6, 6.07) is 5.58. The number of aliphatic imine (C=N–C) groups is 1. The molecule has 4 heteroatoms. The number of nitrogens with two attached hydrogens (primary N) is 1. The van der Waals surface area contributed by atoms with Crippen LogP contribution in [0, 0.1) is 5.92 Å². The topological polar surface area (TPSA) is 59.6 Å². The average molecular weight is 233 g/mol. The summed E-state index contributed by atoms with van der Waals surface area (Å²) in [5.41, 5.74) is 7.36. The summed E-state index contributed by atoms with van der Waals surface area (Å²) in [5, 5.41) is 3.26. The number of amidine groups is 1. The van der Waals surface area contributed by atoms with Crippen molar-refractivity contribution in [1.82, 2.24) is 0 Å². The summed E-state index contributed by atoms with van der Waals surface area (Å²) in [6.45, 7) is 5.73. The van der Waals surface area contributed by atoms with Crippen LogP contribution in [0.2, 0.25) is 0 Å². The monoisotopic (exact) mass is 233 g/mol. The first-order valence-corrected chi connectivity index (χ1v) is 5.98. The first-order valence-electron chi connectivity index (χ1n) is 5.98. The van der Waals surface area contributed by atoms with Crippen LogP contribution in [-0.4, -0.2) is 19.0 Å². The van der Waals surface area contributed by atoms with Crippen LogP contribution in [0.5, 0.6) is 5.75 Å². The molecule has 17 heavy (non-hydrogen) atoms. The maximum atomic E-state index is 5.73. The molecule has 0 unspecified atom stereocenters. The molecule has 0 radical (unpaired) electrons. The standard InChI is InChI=1S/C13H19N3O/c1-9(2)5-6-15-13-8-17-12-4-3-10(14)7-11(12)16-13/h3-4,7,9H,5-6,8,14H2,1-2H3,(H,15,16). The van der Waals surface area contributed by atoms with E-state index in [1.807, 2.05) is 18.2 Å². The van der Waals surface area contributed by atoms with Crippen LogP contribution in [0.4, 0.5) is 11.4 Å². The minimum absolute atomic E-state index is 0.509. The third-order valence-electron chi connectivity index (χ3n) is 2.66. The molecule has 92 valence electrons. The van der Waals surface area contributed by atoms with Crippen LogP contribution in [0.3, 0.4) is 0 Å². The van der Waals surface area contributed by atoms with Crippen molar-refractivity contribution in [2.45, 2.75) is 20.3 Å². The first-order chi connectivity index (χ1) is 8.15. The van der Waals surface area contributed by atoms with Crippen molar-refractivity contribution in [1.29, 1.82) is 0 Å². The summed E-state index contributed by atoms with van der Waals surface area (Å²) in [6.07, 6.45) is 1.09. The van der Waals surface area contributed by atoms with Crippen LogP contribution in [0.1, 0.15) is 20.3 Å². The van der Waals surface area contributed by atoms with Crippen molar-refractivity contribution in [2.24, 2.45) is 10.9 Å². The van der Waals surface area contributed by atoms with Gasteiger partial charge in [0.2, 0.25) is 0 Å². The third kappa shape index (κ3) is 3.12. The molecule has 3 N–H and O–H groups in total. The second kappa shape index (κ2) is 5.08. The largest absolute Gasteiger partial charge is 0.484 e. The lowest BCUT2D eigenvalue weighted by Crippen LogP contribution is -2.26. The number of hydrogen-bond donors (Lipinski definition) is 2. The summed E-state index contributed by atoms with van der Waals surface area (Å²) in [4.78, 5) is 4.49. The van der Waals surface area contributed by atoms with Gasteiger partial charge in [-0.15, -0.1) is 0 Å². The molecule has 0 saturated heterocycles. The maximum absolute atomic E-state index is 5.73. The van der Waals surface area contributed by atoms with Crippen molar-refractivity contribution in [3.63, 3.8) is 0 Å². The van der Waals surface area contributed by atoms with Crippen LogP contribution in [0.25, 0.3) is 0 Å². The van der Waals surface area contributed by atoms with Gasteiger partial charge in [-0.25, -0.2) is 0 Å². The zero-order valence-corrected chi connectivity index (χ0v) is 10.4. The van der Waals surface area contributed by atoms with Crippen molar-refractivity contribution in [3.05, 3.63) is 18.2 Å². The molecule has 2 rings (SSSR count). The summed E-state index contributed by atoms with van der Waals surface area (Å²) in [5.74, 6) is 2.39. The van der Waals surface area contributed by atoms with Crippen LogP contribution < -0.4 is 15.8 Å². The summed E-state index contributed by atoms with van der Waals surface area (Å²) in [7, 11) is 0. The molecule has 0 fully saturated rings. The molecule has 1 heterocycles. The van der Waals surface area contributed by atoms with Crippen LogP contribution in [-0.2, 0) is 0 Å². The normalized spacial score (nSPS) is 16.5. The van der Waals surface area contributed by atoms with Gasteiger partial charge in [-0.3, -0.25) is 4.99 Å². The SMILES string of the molecule is CC(C)CCN=C1COc2ccc(N)cc2N1. The van der Waals surface area contributed by atoms with Gasteiger partial charge in [-0.2, -0.15) is 0 Å². The van der Waals surface area contributed by atoms with E-state index in [9.17, 15) is 0 Å². The number of ether oxygens (including phenoxy) is 1. The Bertz CT molecular complexity index is 427. The van der Waals surface area contributed by atoms with E-state index in [0.29, 0.717) is 12.5 Å². The van der Waals surface area contributed by atoms with E-state index in [1.165, 1.54) is 0 Å². The predicted octanol–water partition coefficient (Wildman–Crippen LogP) is 2.52. The Hall–Kier alpha value is -1.71. The highest BCUT2D eigenvalue weighted by molar-refractivity contribution is 5.99. The quantitative estimate of drug-likeness (QED) is 0.789. The Kier molecular flexibility index (Phi) is 3.52. The molecule has 1 aliphatic heterocycles. The number of hydrogen-bond acceptors (Lipinski definition) is 3. The number of rotatable bonds is 3. The van der Waals surface area contributed by atoms with E-state index in [2.05, 4.69) is 24.2 Å². The Morgan fingerprint density at radius 2 is 2.29 bits per heavy atom. The van der Waals surface area contributed by atoms with E-state index in [1.54, 1.807) is 0 Å².